The highest BCUT2D eigenvalue weighted by Gasteiger charge is 2.42. The molecule has 0 aromatic heterocycles. The van der Waals surface area contributed by atoms with Crippen molar-refractivity contribution in [2.24, 2.45) is 11.3 Å². The van der Waals surface area contributed by atoms with E-state index in [9.17, 15) is 14.7 Å². The van der Waals surface area contributed by atoms with Crippen LogP contribution in [0.25, 0.3) is 0 Å². The number of likely N-dealkylation sites (N-methyl/N-ethyl adjacent to an activating group) is 1. The first-order chi connectivity index (χ1) is 9.77. The Balaban J connectivity index is 2.50. The van der Waals surface area contributed by atoms with Gasteiger partial charge >= 0.3 is 5.97 Å². The van der Waals surface area contributed by atoms with Crippen LogP contribution in [0.15, 0.2) is 0 Å². The van der Waals surface area contributed by atoms with Crippen molar-refractivity contribution in [3.8, 4) is 0 Å². The van der Waals surface area contributed by atoms with Gasteiger partial charge in [-0.3, -0.25) is 9.59 Å². The summed E-state index contributed by atoms with van der Waals surface area (Å²) in [5.74, 6) is -0.383. The molecule has 1 saturated carbocycles. The number of carbonyl (C=O) groups excluding carboxylic acids is 1. The van der Waals surface area contributed by atoms with Gasteiger partial charge in [-0.05, 0) is 39.3 Å². The summed E-state index contributed by atoms with van der Waals surface area (Å²) in [5.41, 5.74) is -0.824. The first kappa shape index (κ1) is 18.0. The summed E-state index contributed by atoms with van der Waals surface area (Å²) in [5, 5.41) is 12.3. The minimum atomic E-state index is -0.824. The van der Waals surface area contributed by atoms with E-state index in [0.717, 1.165) is 19.3 Å². The third-order valence-electron chi connectivity index (χ3n) is 4.52. The highest BCUT2D eigenvalue weighted by atomic mass is 16.4. The molecule has 1 rings (SSSR count). The Morgan fingerprint density at radius 3 is 2.24 bits per heavy atom. The quantitative estimate of drug-likeness (QED) is 0.720. The number of aliphatic carboxylic acids is 1. The Labute approximate surface area is 128 Å². The van der Waals surface area contributed by atoms with Crippen LogP contribution < -0.4 is 5.32 Å². The van der Waals surface area contributed by atoms with E-state index in [2.05, 4.69) is 24.1 Å². The van der Waals surface area contributed by atoms with E-state index in [1.54, 1.807) is 0 Å². The smallest absolute Gasteiger partial charge is 0.310 e. The van der Waals surface area contributed by atoms with E-state index in [1.165, 1.54) is 0 Å². The number of hydrogen-bond donors (Lipinski definition) is 2. The molecule has 0 aliphatic heterocycles. The maximum absolute atomic E-state index is 12.1. The predicted molar refractivity (Wildman–Crippen MR) is 83.1 cm³/mol. The fraction of sp³-hybridized carbons (Fsp3) is 0.875. The van der Waals surface area contributed by atoms with E-state index in [0.29, 0.717) is 31.3 Å². The fourth-order valence-corrected chi connectivity index (χ4v) is 3.14. The van der Waals surface area contributed by atoms with Crippen molar-refractivity contribution < 1.29 is 14.7 Å². The summed E-state index contributed by atoms with van der Waals surface area (Å²) in [4.78, 5) is 25.7. The lowest BCUT2D eigenvalue weighted by molar-refractivity contribution is -0.151. The molecule has 0 spiro atoms. The molecular weight excluding hydrogens is 268 g/mol. The van der Waals surface area contributed by atoms with Crippen molar-refractivity contribution in [3.63, 3.8) is 0 Å². The van der Waals surface area contributed by atoms with Crippen LogP contribution in [0.1, 0.15) is 52.4 Å². The normalized spacial score (nSPS) is 19.0. The van der Waals surface area contributed by atoms with Gasteiger partial charge in [0.25, 0.3) is 0 Å². The van der Waals surface area contributed by atoms with Gasteiger partial charge in [-0.25, -0.2) is 0 Å². The number of rotatable bonds is 8. The largest absolute Gasteiger partial charge is 0.481 e. The molecule has 1 aliphatic carbocycles. The Bertz CT molecular complexity index is 361. The minimum Gasteiger partial charge on any atom is -0.481 e. The van der Waals surface area contributed by atoms with Gasteiger partial charge in [0, 0.05) is 19.0 Å². The first-order valence-corrected chi connectivity index (χ1v) is 7.93. The number of amides is 1. The zero-order chi connectivity index (χ0) is 16.0. The SMILES string of the molecule is CC(C)CC(CNC(=O)CC1(C(=O)O)CCCC1)N(C)C. The van der Waals surface area contributed by atoms with Crippen molar-refractivity contribution in [3.05, 3.63) is 0 Å². The van der Waals surface area contributed by atoms with E-state index in [-0.39, 0.29) is 12.3 Å². The summed E-state index contributed by atoms with van der Waals surface area (Å²) < 4.78 is 0. The average molecular weight is 298 g/mol. The summed E-state index contributed by atoms with van der Waals surface area (Å²) in [6.07, 6.45) is 4.19. The highest BCUT2D eigenvalue weighted by Crippen LogP contribution is 2.41. The lowest BCUT2D eigenvalue weighted by atomic mass is 9.82. The van der Waals surface area contributed by atoms with E-state index >= 15 is 0 Å². The van der Waals surface area contributed by atoms with Crippen molar-refractivity contribution in [1.29, 1.82) is 0 Å². The van der Waals surface area contributed by atoms with Gasteiger partial charge < -0.3 is 15.3 Å². The molecule has 0 heterocycles. The van der Waals surface area contributed by atoms with Gasteiger partial charge in [-0.15, -0.1) is 0 Å². The summed E-state index contributed by atoms with van der Waals surface area (Å²) in [7, 11) is 4.02. The number of carboxylic acid groups (broad SMARTS) is 1. The van der Waals surface area contributed by atoms with Crippen LogP contribution in [0, 0.1) is 11.3 Å². The molecule has 0 aromatic rings. The molecule has 1 unspecified atom stereocenters. The van der Waals surface area contributed by atoms with Crippen LogP contribution in [0.3, 0.4) is 0 Å². The van der Waals surface area contributed by atoms with E-state index in [4.69, 9.17) is 0 Å². The van der Waals surface area contributed by atoms with Gasteiger partial charge in [0.1, 0.15) is 0 Å². The molecule has 1 fully saturated rings. The van der Waals surface area contributed by atoms with Crippen molar-refractivity contribution in [2.45, 2.75) is 58.4 Å². The first-order valence-electron chi connectivity index (χ1n) is 7.93. The highest BCUT2D eigenvalue weighted by molar-refractivity contribution is 5.85. The van der Waals surface area contributed by atoms with Gasteiger partial charge in [0.15, 0.2) is 0 Å². The number of nitrogens with one attached hydrogen (secondary N) is 1. The van der Waals surface area contributed by atoms with Crippen LogP contribution in [0.5, 0.6) is 0 Å². The minimum absolute atomic E-state index is 0.115. The molecular formula is C16H30N2O3. The van der Waals surface area contributed by atoms with Crippen molar-refractivity contribution in [2.75, 3.05) is 20.6 Å². The zero-order valence-corrected chi connectivity index (χ0v) is 13.8. The second-order valence-electron chi connectivity index (χ2n) is 7.02. The van der Waals surface area contributed by atoms with Gasteiger partial charge in [-0.1, -0.05) is 26.7 Å². The van der Waals surface area contributed by atoms with Crippen molar-refractivity contribution in [1.82, 2.24) is 10.2 Å². The molecule has 1 aliphatic rings. The molecule has 0 bridgehead atoms. The topological polar surface area (TPSA) is 69.6 Å². The van der Waals surface area contributed by atoms with Crippen LogP contribution in [0.4, 0.5) is 0 Å². The Hall–Kier alpha value is -1.10. The Morgan fingerprint density at radius 2 is 1.81 bits per heavy atom. The summed E-state index contributed by atoms with van der Waals surface area (Å²) in [6.45, 7) is 4.91. The van der Waals surface area contributed by atoms with E-state index < -0.39 is 11.4 Å². The molecule has 122 valence electrons. The molecule has 1 atom stereocenters. The van der Waals surface area contributed by atoms with Crippen LogP contribution in [-0.4, -0.2) is 48.6 Å². The van der Waals surface area contributed by atoms with Gasteiger partial charge in [0.05, 0.1) is 5.41 Å². The Kier molecular flexibility index (Phi) is 6.65. The van der Waals surface area contributed by atoms with Gasteiger partial charge in [-0.2, -0.15) is 0 Å². The number of hydrogen-bond acceptors (Lipinski definition) is 3. The second kappa shape index (κ2) is 7.78. The molecule has 2 N–H and O–H groups in total. The molecule has 21 heavy (non-hydrogen) atoms. The third kappa shape index (κ3) is 5.30. The Morgan fingerprint density at radius 1 is 1.24 bits per heavy atom. The zero-order valence-electron chi connectivity index (χ0n) is 13.8. The predicted octanol–water partition coefficient (Wildman–Crippen LogP) is 2.11. The van der Waals surface area contributed by atoms with E-state index in [1.807, 2.05) is 14.1 Å². The third-order valence-corrected chi connectivity index (χ3v) is 4.52. The second-order valence-corrected chi connectivity index (χ2v) is 7.02. The maximum atomic E-state index is 12.1. The fourth-order valence-electron chi connectivity index (χ4n) is 3.14. The van der Waals surface area contributed by atoms with Gasteiger partial charge in [0.2, 0.25) is 5.91 Å². The summed E-state index contributed by atoms with van der Waals surface area (Å²) >= 11 is 0. The number of nitrogens with zero attached hydrogens (tertiary/aromatic N) is 1. The number of carboxylic acids is 1. The average Bonchev–Trinajstić information content (AvgIpc) is 2.83. The lowest BCUT2D eigenvalue weighted by Gasteiger charge is -2.27. The molecule has 0 saturated heterocycles. The maximum Gasteiger partial charge on any atom is 0.310 e. The molecule has 0 radical (unpaired) electrons. The molecule has 5 heteroatoms. The monoisotopic (exact) mass is 298 g/mol. The summed E-state index contributed by atoms with van der Waals surface area (Å²) in [6, 6.07) is 0.290. The van der Waals surface area contributed by atoms with Crippen LogP contribution in [0.2, 0.25) is 0 Å². The lowest BCUT2D eigenvalue weighted by Crippen LogP contribution is -2.43. The standard InChI is InChI=1S/C16H30N2O3/c1-12(2)9-13(18(3)4)11-17-14(19)10-16(15(20)21)7-5-6-8-16/h12-13H,5-11H2,1-4H3,(H,17,19)(H,20,21). The molecule has 1 amide bonds. The molecule has 0 aromatic carbocycles. The van der Waals surface area contributed by atoms with Crippen LogP contribution >= 0.6 is 0 Å². The van der Waals surface area contributed by atoms with Crippen molar-refractivity contribution >= 4 is 11.9 Å². The van der Waals surface area contributed by atoms with Crippen LogP contribution in [-0.2, 0) is 9.59 Å². The molecule has 5 nitrogen and oxygen atoms in total. The number of carbonyl (C=O) groups is 2.